The maximum Gasteiger partial charge on any atom is 0.159 e. The molecule has 0 spiro atoms. The van der Waals surface area contributed by atoms with Crippen molar-refractivity contribution in [3.8, 4) is 17.1 Å². The summed E-state index contributed by atoms with van der Waals surface area (Å²) in [7, 11) is 0. The van der Waals surface area contributed by atoms with Crippen LogP contribution in [0.3, 0.4) is 0 Å². The van der Waals surface area contributed by atoms with Crippen molar-refractivity contribution in [1.82, 2.24) is 9.97 Å². The average Bonchev–Trinajstić information content (AvgIpc) is 2.62. The summed E-state index contributed by atoms with van der Waals surface area (Å²) in [5.41, 5.74) is 2.09. The van der Waals surface area contributed by atoms with E-state index >= 15 is 0 Å². The van der Waals surface area contributed by atoms with Crippen LogP contribution in [0.25, 0.3) is 11.4 Å². The largest absolute Gasteiger partial charge is 0.492 e. The lowest BCUT2D eigenvalue weighted by molar-refractivity contribution is 0.209. The predicted octanol–water partition coefficient (Wildman–Crippen LogP) is 5.71. The number of nitrogens with zero attached hydrogens (tertiary/aromatic N) is 2. The number of benzene rings is 1. The molecule has 1 aliphatic rings. The number of ether oxygens (including phenoxy) is 1. The minimum Gasteiger partial charge on any atom is -0.492 e. The zero-order valence-electron chi connectivity index (χ0n) is 14.3. The first kappa shape index (κ1) is 17.2. The molecule has 2 aromatic rings. The van der Waals surface area contributed by atoms with Crippen molar-refractivity contribution in [3.05, 3.63) is 41.2 Å². The highest BCUT2D eigenvalue weighted by atomic mass is 35.5. The molecule has 3 rings (SSSR count). The predicted molar refractivity (Wildman–Crippen MR) is 98.5 cm³/mol. The highest BCUT2D eigenvalue weighted by Gasteiger charge is 2.15. The van der Waals surface area contributed by atoms with Gasteiger partial charge in [-0.05, 0) is 48.9 Å². The van der Waals surface area contributed by atoms with Crippen LogP contribution in [0.15, 0.2) is 30.6 Å². The van der Waals surface area contributed by atoms with Gasteiger partial charge in [0.05, 0.1) is 11.6 Å². The molecule has 1 heterocycles. The van der Waals surface area contributed by atoms with E-state index in [0.29, 0.717) is 16.8 Å². The van der Waals surface area contributed by atoms with Gasteiger partial charge in [-0.1, -0.05) is 44.2 Å². The van der Waals surface area contributed by atoms with Gasteiger partial charge < -0.3 is 4.74 Å². The van der Waals surface area contributed by atoms with Crippen molar-refractivity contribution in [2.45, 2.75) is 51.9 Å². The number of hydrogen-bond acceptors (Lipinski definition) is 3. The molecule has 3 nitrogen and oxygen atoms in total. The second-order valence-corrected chi connectivity index (χ2v) is 7.03. The van der Waals surface area contributed by atoms with Gasteiger partial charge in [0.15, 0.2) is 5.82 Å². The van der Waals surface area contributed by atoms with Gasteiger partial charge >= 0.3 is 0 Å². The second kappa shape index (κ2) is 8.48. The van der Waals surface area contributed by atoms with Crippen LogP contribution in [-0.4, -0.2) is 16.6 Å². The monoisotopic (exact) mass is 344 g/mol. The number of halogens is 1. The maximum absolute atomic E-state index is 6.40. The molecule has 0 N–H and O–H groups in total. The summed E-state index contributed by atoms with van der Waals surface area (Å²) in [4.78, 5) is 8.89. The Bertz CT molecular complexity index is 651. The van der Waals surface area contributed by atoms with E-state index < -0.39 is 0 Å². The molecule has 1 aromatic heterocycles. The Morgan fingerprint density at radius 3 is 2.54 bits per heavy atom. The molecule has 0 amide bonds. The highest BCUT2D eigenvalue weighted by molar-refractivity contribution is 6.32. The molecule has 0 unspecified atom stereocenters. The van der Waals surface area contributed by atoms with Gasteiger partial charge in [0.25, 0.3) is 0 Å². The lowest BCUT2D eigenvalue weighted by atomic mass is 9.90. The first-order valence-corrected chi connectivity index (χ1v) is 9.37. The number of aryl methyl sites for hydroxylation is 1. The topological polar surface area (TPSA) is 35.0 Å². The van der Waals surface area contributed by atoms with E-state index in [1.54, 1.807) is 0 Å². The fourth-order valence-electron chi connectivity index (χ4n) is 3.24. The van der Waals surface area contributed by atoms with Gasteiger partial charge in [0, 0.05) is 18.0 Å². The van der Waals surface area contributed by atoms with E-state index in [1.807, 2.05) is 30.6 Å². The lowest BCUT2D eigenvalue weighted by Crippen LogP contribution is -2.15. The first-order chi connectivity index (χ1) is 11.8. The Hall–Kier alpha value is -1.61. The summed E-state index contributed by atoms with van der Waals surface area (Å²) in [6, 6.07) is 5.81. The van der Waals surface area contributed by atoms with Crippen molar-refractivity contribution in [2.24, 2.45) is 5.92 Å². The summed E-state index contributed by atoms with van der Waals surface area (Å²) in [6.07, 6.45) is 12.5. The minimum absolute atomic E-state index is 0.629. The fraction of sp³-hybridized carbons (Fsp3) is 0.500. The van der Waals surface area contributed by atoms with E-state index in [1.165, 1.54) is 37.7 Å². The Morgan fingerprint density at radius 1 is 1.12 bits per heavy atom. The van der Waals surface area contributed by atoms with E-state index in [2.05, 4.69) is 16.9 Å². The summed E-state index contributed by atoms with van der Waals surface area (Å²) >= 11 is 6.40. The molecule has 0 bridgehead atoms. The Kier molecular flexibility index (Phi) is 6.08. The van der Waals surface area contributed by atoms with Crippen LogP contribution in [0.2, 0.25) is 5.02 Å². The SMILES string of the molecule is CCCc1cnc(-c2ccc(OCC3CCCCC3)c(Cl)c2)nc1. The van der Waals surface area contributed by atoms with Crippen LogP contribution in [0.5, 0.6) is 5.75 Å². The van der Waals surface area contributed by atoms with E-state index in [4.69, 9.17) is 16.3 Å². The molecule has 0 aliphatic heterocycles. The fourth-order valence-corrected chi connectivity index (χ4v) is 3.48. The molecule has 1 saturated carbocycles. The molecular weight excluding hydrogens is 320 g/mol. The highest BCUT2D eigenvalue weighted by Crippen LogP contribution is 2.31. The van der Waals surface area contributed by atoms with E-state index in [0.717, 1.165) is 30.8 Å². The molecule has 0 atom stereocenters. The Labute approximate surface area is 149 Å². The molecule has 1 aliphatic carbocycles. The van der Waals surface area contributed by atoms with Gasteiger partial charge in [-0.25, -0.2) is 9.97 Å². The summed E-state index contributed by atoms with van der Waals surface area (Å²) in [6.45, 7) is 2.92. The molecule has 24 heavy (non-hydrogen) atoms. The molecule has 0 saturated heterocycles. The molecule has 0 radical (unpaired) electrons. The number of aromatic nitrogens is 2. The van der Waals surface area contributed by atoms with Gasteiger partial charge in [-0.15, -0.1) is 0 Å². The normalized spacial score (nSPS) is 15.4. The van der Waals surface area contributed by atoms with Gasteiger partial charge in [-0.2, -0.15) is 0 Å². The molecule has 1 aromatic carbocycles. The molecule has 128 valence electrons. The third kappa shape index (κ3) is 4.47. The number of rotatable bonds is 6. The second-order valence-electron chi connectivity index (χ2n) is 6.63. The van der Waals surface area contributed by atoms with Crippen molar-refractivity contribution < 1.29 is 4.74 Å². The van der Waals surface area contributed by atoms with Crippen LogP contribution < -0.4 is 4.74 Å². The third-order valence-electron chi connectivity index (χ3n) is 4.63. The minimum atomic E-state index is 0.629. The first-order valence-electron chi connectivity index (χ1n) is 9.00. The zero-order chi connectivity index (χ0) is 16.8. The summed E-state index contributed by atoms with van der Waals surface area (Å²) < 4.78 is 5.95. The molecule has 1 fully saturated rings. The molecular formula is C20H25ClN2O. The van der Waals surface area contributed by atoms with E-state index in [9.17, 15) is 0 Å². The number of hydrogen-bond donors (Lipinski definition) is 0. The smallest absolute Gasteiger partial charge is 0.159 e. The van der Waals surface area contributed by atoms with E-state index in [-0.39, 0.29) is 0 Å². The average molecular weight is 345 g/mol. The lowest BCUT2D eigenvalue weighted by Gasteiger charge is -2.22. The van der Waals surface area contributed by atoms with Crippen LogP contribution in [0.4, 0.5) is 0 Å². The maximum atomic E-state index is 6.40. The summed E-state index contributed by atoms with van der Waals surface area (Å²) in [5.74, 6) is 2.13. The quantitative estimate of drug-likeness (QED) is 0.673. The van der Waals surface area contributed by atoms with Crippen LogP contribution in [-0.2, 0) is 6.42 Å². The van der Waals surface area contributed by atoms with Gasteiger partial charge in [0.1, 0.15) is 5.75 Å². The van der Waals surface area contributed by atoms with Crippen molar-refractivity contribution in [1.29, 1.82) is 0 Å². The standard InChI is InChI=1S/C20H25ClN2O/c1-2-6-16-12-22-20(23-13-16)17-9-10-19(18(21)11-17)24-14-15-7-4-3-5-8-15/h9-13,15H,2-8,14H2,1H3. The van der Waals surface area contributed by atoms with Crippen LogP contribution in [0.1, 0.15) is 51.0 Å². The van der Waals surface area contributed by atoms with Crippen molar-refractivity contribution >= 4 is 11.6 Å². The van der Waals surface area contributed by atoms with Crippen molar-refractivity contribution in [3.63, 3.8) is 0 Å². The Balaban J connectivity index is 1.65. The van der Waals surface area contributed by atoms with Crippen LogP contribution >= 0.6 is 11.6 Å². The molecule has 4 heteroatoms. The van der Waals surface area contributed by atoms with Gasteiger partial charge in [-0.3, -0.25) is 0 Å². The van der Waals surface area contributed by atoms with Gasteiger partial charge in [0.2, 0.25) is 0 Å². The third-order valence-corrected chi connectivity index (χ3v) is 4.93. The zero-order valence-corrected chi connectivity index (χ0v) is 15.1. The summed E-state index contributed by atoms with van der Waals surface area (Å²) in [5, 5.41) is 0.629. The van der Waals surface area contributed by atoms with Crippen LogP contribution in [0, 0.1) is 5.92 Å². The Morgan fingerprint density at radius 2 is 1.88 bits per heavy atom. The van der Waals surface area contributed by atoms with Crippen molar-refractivity contribution in [2.75, 3.05) is 6.61 Å².